The molecule has 1 rings (SSSR count). The van der Waals surface area contributed by atoms with Crippen LogP contribution in [0.5, 0.6) is 5.75 Å². The SMILES string of the molecule is CCN(Cc1ccc(OC)cc1)C(=O)CCC(C)N.Cl. The maximum Gasteiger partial charge on any atom is 0.222 e. The van der Waals surface area contributed by atoms with Gasteiger partial charge in [0, 0.05) is 25.6 Å². The summed E-state index contributed by atoms with van der Waals surface area (Å²) in [6, 6.07) is 7.87. The van der Waals surface area contributed by atoms with E-state index in [0.717, 1.165) is 17.7 Å². The molecule has 0 spiro atoms. The number of hydrogen-bond donors (Lipinski definition) is 1. The summed E-state index contributed by atoms with van der Waals surface area (Å²) in [5, 5.41) is 0. The Bertz CT molecular complexity index is 393. The standard InChI is InChI=1S/C15H24N2O2.ClH/c1-4-17(15(18)10-5-12(2)16)11-13-6-8-14(19-3)9-7-13;/h6-9,12H,4-5,10-11,16H2,1-3H3;1H. The fraction of sp³-hybridized carbons (Fsp3) is 0.533. The number of nitrogens with zero attached hydrogens (tertiary/aromatic N) is 1. The number of rotatable bonds is 7. The van der Waals surface area contributed by atoms with Crippen molar-refractivity contribution in [1.29, 1.82) is 0 Å². The van der Waals surface area contributed by atoms with E-state index in [2.05, 4.69) is 0 Å². The topological polar surface area (TPSA) is 55.6 Å². The van der Waals surface area contributed by atoms with Gasteiger partial charge in [-0.15, -0.1) is 12.4 Å². The molecule has 0 aliphatic rings. The summed E-state index contributed by atoms with van der Waals surface area (Å²) in [5.41, 5.74) is 6.79. The highest BCUT2D eigenvalue weighted by Crippen LogP contribution is 2.13. The third-order valence-electron chi connectivity index (χ3n) is 3.08. The van der Waals surface area contributed by atoms with E-state index in [1.54, 1.807) is 7.11 Å². The predicted molar refractivity (Wildman–Crippen MR) is 84.2 cm³/mol. The molecule has 2 N–H and O–H groups in total. The third kappa shape index (κ3) is 6.26. The Balaban J connectivity index is 0.00000361. The molecule has 114 valence electrons. The number of nitrogens with two attached hydrogens (primary N) is 1. The summed E-state index contributed by atoms with van der Waals surface area (Å²) >= 11 is 0. The molecular formula is C15H25ClN2O2. The second-order valence-corrected chi connectivity index (χ2v) is 4.77. The van der Waals surface area contributed by atoms with Gasteiger partial charge in [-0.25, -0.2) is 0 Å². The third-order valence-corrected chi connectivity index (χ3v) is 3.08. The Kier molecular flexibility index (Phi) is 9.01. The number of hydrogen-bond acceptors (Lipinski definition) is 3. The zero-order valence-corrected chi connectivity index (χ0v) is 13.3. The van der Waals surface area contributed by atoms with E-state index in [4.69, 9.17) is 10.5 Å². The molecule has 0 aliphatic carbocycles. The van der Waals surface area contributed by atoms with E-state index in [9.17, 15) is 4.79 Å². The van der Waals surface area contributed by atoms with Crippen molar-refractivity contribution in [2.75, 3.05) is 13.7 Å². The molecule has 1 amide bonds. The lowest BCUT2D eigenvalue weighted by molar-refractivity contribution is -0.131. The zero-order chi connectivity index (χ0) is 14.3. The van der Waals surface area contributed by atoms with Gasteiger partial charge in [-0.2, -0.15) is 0 Å². The van der Waals surface area contributed by atoms with Crippen molar-refractivity contribution in [3.8, 4) is 5.75 Å². The van der Waals surface area contributed by atoms with Gasteiger partial charge in [-0.1, -0.05) is 12.1 Å². The van der Waals surface area contributed by atoms with Crippen LogP contribution in [-0.4, -0.2) is 30.5 Å². The van der Waals surface area contributed by atoms with Crippen LogP contribution < -0.4 is 10.5 Å². The smallest absolute Gasteiger partial charge is 0.222 e. The number of methoxy groups -OCH3 is 1. The molecule has 5 heteroatoms. The molecule has 0 aliphatic heterocycles. The minimum absolute atomic E-state index is 0. The van der Waals surface area contributed by atoms with Crippen molar-refractivity contribution >= 4 is 18.3 Å². The first-order chi connectivity index (χ1) is 9.06. The van der Waals surface area contributed by atoms with Crippen molar-refractivity contribution in [2.45, 2.75) is 39.3 Å². The van der Waals surface area contributed by atoms with Crippen molar-refractivity contribution in [3.05, 3.63) is 29.8 Å². The van der Waals surface area contributed by atoms with Crippen LogP contribution >= 0.6 is 12.4 Å². The van der Waals surface area contributed by atoms with Crippen molar-refractivity contribution in [1.82, 2.24) is 4.90 Å². The maximum atomic E-state index is 12.1. The minimum atomic E-state index is 0. The summed E-state index contributed by atoms with van der Waals surface area (Å²) in [6.45, 7) is 5.27. The van der Waals surface area contributed by atoms with Crippen LogP contribution in [0.2, 0.25) is 0 Å². The lowest BCUT2D eigenvalue weighted by Crippen LogP contribution is -2.31. The largest absolute Gasteiger partial charge is 0.497 e. The summed E-state index contributed by atoms with van der Waals surface area (Å²) in [6.07, 6.45) is 1.25. The zero-order valence-electron chi connectivity index (χ0n) is 12.5. The molecule has 1 unspecified atom stereocenters. The normalized spacial score (nSPS) is 11.4. The highest BCUT2D eigenvalue weighted by atomic mass is 35.5. The van der Waals surface area contributed by atoms with Crippen molar-refractivity contribution in [2.24, 2.45) is 5.73 Å². The monoisotopic (exact) mass is 300 g/mol. The van der Waals surface area contributed by atoms with Crippen molar-refractivity contribution < 1.29 is 9.53 Å². The van der Waals surface area contributed by atoms with Gasteiger partial charge >= 0.3 is 0 Å². The summed E-state index contributed by atoms with van der Waals surface area (Å²) in [4.78, 5) is 13.9. The van der Waals surface area contributed by atoms with E-state index in [1.807, 2.05) is 43.0 Å². The predicted octanol–water partition coefficient (Wildman–Crippen LogP) is 2.59. The molecule has 0 bridgehead atoms. The van der Waals surface area contributed by atoms with Crippen LogP contribution in [0, 0.1) is 0 Å². The highest BCUT2D eigenvalue weighted by molar-refractivity contribution is 5.85. The molecule has 1 aromatic carbocycles. The van der Waals surface area contributed by atoms with Gasteiger partial charge in [-0.3, -0.25) is 4.79 Å². The second kappa shape index (κ2) is 9.61. The minimum Gasteiger partial charge on any atom is -0.497 e. The number of ether oxygens (including phenoxy) is 1. The number of halogens is 1. The van der Waals surface area contributed by atoms with Gasteiger partial charge in [0.15, 0.2) is 0 Å². The van der Waals surface area contributed by atoms with Gasteiger partial charge < -0.3 is 15.4 Å². The van der Waals surface area contributed by atoms with Crippen LogP contribution in [-0.2, 0) is 11.3 Å². The van der Waals surface area contributed by atoms with E-state index in [1.165, 1.54) is 0 Å². The Morgan fingerprint density at radius 1 is 1.35 bits per heavy atom. The van der Waals surface area contributed by atoms with Crippen molar-refractivity contribution in [3.63, 3.8) is 0 Å². The van der Waals surface area contributed by atoms with E-state index >= 15 is 0 Å². The average Bonchev–Trinajstić information content (AvgIpc) is 2.42. The molecule has 1 atom stereocenters. The fourth-order valence-electron chi connectivity index (χ4n) is 1.84. The Hall–Kier alpha value is -1.26. The Morgan fingerprint density at radius 2 is 1.95 bits per heavy atom. The second-order valence-electron chi connectivity index (χ2n) is 4.77. The van der Waals surface area contributed by atoms with Crippen LogP contribution in [0.3, 0.4) is 0 Å². The van der Waals surface area contributed by atoms with Gasteiger partial charge in [0.25, 0.3) is 0 Å². The molecule has 0 saturated carbocycles. The van der Waals surface area contributed by atoms with Crippen LogP contribution in [0.15, 0.2) is 24.3 Å². The van der Waals surface area contributed by atoms with Gasteiger partial charge in [0.1, 0.15) is 5.75 Å². The Morgan fingerprint density at radius 3 is 2.40 bits per heavy atom. The number of carbonyl (C=O) groups is 1. The van der Waals surface area contributed by atoms with Crippen LogP contribution in [0.1, 0.15) is 32.3 Å². The number of carbonyl (C=O) groups excluding carboxylic acids is 1. The molecular weight excluding hydrogens is 276 g/mol. The lowest BCUT2D eigenvalue weighted by atomic mass is 10.1. The highest BCUT2D eigenvalue weighted by Gasteiger charge is 2.12. The summed E-state index contributed by atoms with van der Waals surface area (Å²) in [5.74, 6) is 0.991. The first kappa shape index (κ1) is 18.7. The quantitative estimate of drug-likeness (QED) is 0.842. The van der Waals surface area contributed by atoms with Crippen LogP contribution in [0.4, 0.5) is 0 Å². The molecule has 0 radical (unpaired) electrons. The summed E-state index contributed by atoms with van der Waals surface area (Å²) < 4.78 is 5.12. The van der Waals surface area contributed by atoms with Gasteiger partial charge in [-0.05, 0) is 38.0 Å². The fourth-order valence-corrected chi connectivity index (χ4v) is 1.84. The van der Waals surface area contributed by atoms with Crippen LogP contribution in [0.25, 0.3) is 0 Å². The van der Waals surface area contributed by atoms with Gasteiger partial charge in [0.2, 0.25) is 5.91 Å². The number of amides is 1. The molecule has 1 aromatic rings. The molecule has 0 aromatic heterocycles. The average molecular weight is 301 g/mol. The Labute approximate surface area is 127 Å². The van der Waals surface area contributed by atoms with E-state index in [-0.39, 0.29) is 24.4 Å². The first-order valence-corrected chi connectivity index (χ1v) is 6.73. The maximum absolute atomic E-state index is 12.1. The van der Waals surface area contributed by atoms with E-state index < -0.39 is 0 Å². The van der Waals surface area contributed by atoms with Gasteiger partial charge in [0.05, 0.1) is 7.11 Å². The first-order valence-electron chi connectivity index (χ1n) is 6.73. The summed E-state index contributed by atoms with van der Waals surface area (Å²) in [7, 11) is 1.64. The molecule has 0 saturated heterocycles. The number of benzene rings is 1. The lowest BCUT2D eigenvalue weighted by Gasteiger charge is -2.21. The van der Waals surface area contributed by atoms with E-state index in [0.29, 0.717) is 19.5 Å². The molecule has 0 fully saturated rings. The molecule has 4 nitrogen and oxygen atoms in total. The molecule has 0 heterocycles. The molecule has 20 heavy (non-hydrogen) atoms.